The number of nitrogens with zero attached hydrogens (tertiary/aromatic N) is 2. The van der Waals surface area contributed by atoms with E-state index in [1.165, 1.54) is 12.1 Å². The normalized spacial score (nSPS) is 10.0. The molecule has 0 unspecified atom stereocenters. The number of hydrogen-bond acceptors (Lipinski definition) is 4. The van der Waals surface area contributed by atoms with E-state index in [1.807, 2.05) is 0 Å². The highest BCUT2D eigenvalue weighted by atomic mass is 35.5. The molecule has 1 rings (SSSR count). The fourth-order valence-corrected chi connectivity index (χ4v) is 1.26. The summed E-state index contributed by atoms with van der Waals surface area (Å²) in [4.78, 5) is 0. The predicted molar refractivity (Wildman–Crippen MR) is 61.1 cm³/mol. The number of rotatable bonds is 3. The van der Waals surface area contributed by atoms with Gasteiger partial charge in [0.25, 0.3) is 0 Å². The van der Waals surface area contributed by atoms with Gasteiger partial charge in [-0.1, -0.05) is 11.6 Å². The lowest BCUT2D eigenvalue weighted by molar-refractivity contribution is -0.274. The summed E-state index contributed by atoms with van der Waals surface area (Å²) >= 11 is 5.60. The van der Waals surface area contributed by atoms with Crippen LogP contribution >= 0.6 is 11.6 Å². The molecular weight excluding hydrogens is 283 g/mol. The first-order valence-electron chi connectivity index (χ1n) is 4.68. The smallest absolute Gasteiger partial charge is 0.404 e. The van der Waals surface area contributed by atoms with Crippen molar-refractivity contribution in [3.63, 3.8) is 0 Å². The van der Waals surface area contributed by atoms with E-state index in [4.69, 9.17) is 22.1 Å². The van der Waals surface area contributed by atoms with Crippen molar-refractivity contribution in [3.8, 4) is 17.9 Å². The van der Waals surface area contributed by atoms with Gasteiger partial charge in [-0.25, -0.2) is 0 Å². The fourth-order valence-electron chi connectivity index (χ4n) is 1.04. The molecule has 0 amide bonds. The number of benzene rings is 1. The Bertz CT molecular complexity index is 568. The fraction of sp³-hybridized carbons (Fsp3) is 0.0909. The third-order valence-electron chi connectivity index (χ3n) is 1.78. The Morgan fingerprint density at radius 3 is 2.42 bits per heavy atom. The summed E-state index contributed by atoms with van der Waals surface area (Å²) in [6.07, 6.45) is -3.72. The van der Waals surface area contributed by atoms with Gasteiger partial charge >= 0.3 is 6.36 Å². The van der Waals surface area contributed by atoms with Crippen molar-refractivity contribution in [2.24, 2.45) is 0 Å². The largest absolute Gasteiger partial charge is 0.573 e. The Labute approximate surface area is 111 Å². The SMILES string of the molecule is N#CC(C#N)=CNc1ccc(OC(F)(F)F)c(Cl)c1. The van der Waals surface area contributed by atoms with Crippen molar-refractivity contribution in [1.82, 2.24) is 0 Å². The molecule has 0 aromatic heterocycles. The highest BCUT2D eigenvalue weighted by Crippen LogP contribution is 2.32. The third kappa shape index (κ3) is 4.78. The van der Waals surface area contributed by atoms with Crippen LogP contribution in [-0.2, 0) is 0 Å². The third-order valence-corrected chi connectivity index (χ3v) is 2.08. The first kappa shape index (κ1) is 14.7. The standard InChI is InChI=1S/C11H5ClF3N3O/c12-9-3-8(18-6-7(4-16)5-17)1-2-10(9)19-11(13,14)15/h1-3,6,18H. The predicted octanol–water partition coefficient (Wildman–Crippen LogP) is 3.58. The Hall–Kier alpha value is -2.38. The molecule has 1 aromatic carbocycles. The molecule has 98 valence electrons. The second kappa shape index (κ2) is 5.98. The summed E-state index contributed by atoms with van der Waals surface area (Å²) in [6, 6.07) is 6.67. The number of anilines is 1. The lowest BCUT2D eigenvalue weighted by Crippen LogP contribution is -2.17. The summed E-state index contributed by atoms with van der Waals surface area (Å²) in [5.41, 5.74) is 0.120. The number of hydrogen-bond donors (Lipinski definition) is 1. The molecule has 0 spiro atoms. The van der Waals surface area contributed by atoms with E-state index in [1.54, 1.807) is 12.1 Å². The molecule has 0 fully saturated rings. The lowest BCUT2D eigenvalue weighted by atomic mass is 10.3. The number of allylic oxidation sites excluding steroid dienone is 1. The Kier molecular flexibility index (Phi) is 4.62. The molecule has 0 aliphatic heterocycles. The van der Waals surface area contributed by atoms with Gasteiger partial charge in [-0.2, -0.15) is 10.5 Å². The van der Waals surface area contributed by atoms with Crippen molar-refractivity contribution in [3.05, 3.63) is 35.0 Å². The van der Waals surface area contributed by atoms with Crippen molar-refractivity contribution in [2.75, 3.05) is 5.32 Å². The topological polar surface area (TPSA) is 68.8 Å². The molecule has 0 saturated heterocycles. The van der Waals surface area contributed by atoms with E-state index in [2.05, 4.69) is 10.1 Å². The minimum atomic E-state index is -4.83. The van der Waals surface area contributed by atoms with E-state index >= 15 is 0 Å². The first-order chi connectivity index (χ1) is 8.85. The number of nitrogens with one attached hydrogen (secondary N) is 1. The van der Waals surface area contributed by atoms with Gasteiger partial charge in [0.05, 0.1) is 5.02 Å². The van der Waals surface area contributed by atoms with Gasteiger partial charge < -0.3 is 10.1 Å². The minimum absolute atomic E-state index is 0.188. The molecule has 1 aromatic rings. The van der Waals surface area contributed by atoms with Crippen LogP contribution in [0.1, 0.15) is 0 Å². The van der Waals surface area contributed by atoms with Crippen molar-refractivity contribution >= 4 is 17.3 Å². The average molecular weight is 288 g/mol. The Balaban J connectivity index is 2.87. The minimum Gasteiger partial charge on any atom is -0.404 e. The second-order valence-electron chi connectivity index (χ2n) is 3.12. The van der Waals surface area contributed by atoms with Crippen molar-refractivity contribution in [1.29, 1.82) is 10.5 Å². The Morgan fingerprint density at radius 1 is 1.32 bits per heavy atom. The van der Waals surface area contributed by atoms with Crippen LogP contribution in [-0.4, -0.2) is 6.36 Å². The van der Waals surface area contributed by atoms with Crippen LogP contribution in [0, 0.1) is 22.7 Å². The van der Waals surface area contributed by atoms with Gasteiger partial charge in [0.2, 0.25) is 0 Å². The maximum absolute atomic E-state index is 12.0. The quantitative estimate of drug-likeness (QED) is 0.863. The summed E-state index contributed by atoms with van der Waals surface area (Å²) in [7, 11) is 0. The van der Waals surface area contributed by atoms with Crippen molar-refractivity contribution in [2.45, 2.75) is 6.36 Å². The Morgan fingerprint density at radius 2 is 1.95 bits per heavy atom. The van der Waals surface area contributed by atoms with Crippen LogP contribution in [0.2, 0.25) is 5.02 Å². The van der Waals surface area contributed by atoms with Gasteiger partial charge in [-0.3, -0.25) is 0 Å². The maximum Gasteiger partial charge on any atom is 0.573 e. The molecule has 4 nitrogen and oxygen atoms in total. The van der Waals surface area contributed by atoms with E-state index in [-0.39, 0.29) is 10.6 Å². The zero-order chi connectivity index (χ0) is 14.5. The number of alkyl halides is 3. The molecule has 8 heteroatoms. The molecule has 0 bridgehead atoms. The van der Waals surface area contributed by atoms with Crippen LogP contribution < -0.4 is 10.1 Å². The number of nitriles is 2. The monoisotopic (exact) mass is 287 g/mol. The van der Waals surface area contributed by atoms with Gasteiger partial charge in [0.15, 0.2) is 0 Å². The second-order valence-corrected chi connectivity index (χ2v) is 3.53. The van der Waals surface area contributed by atoms with E-state index in [0.717, 1.165) is 12.3 Å². The van der Waals surface area contributed by atoms with Crippen LogP contribution in [0.5, 0.6) is 5.75 Å². The van der Waals surface area contributed by atoms with Crippen molar-refractivity contribution < 1.29 is 17.9 Å². The van der Waals surface area contributed by atoms with Gasteiger partial charge in [0.1, 0.15) is 23.5 Å². The zero-order valence-corrected chi connectivity index (χ0v) is 9.88. The molecule has 0 radical (unpaired) electrons. The van der Waals surface area contributed by atoms with Gasteiger partial charge in [-0.15, -0.1) is 13.2 Å². The maximum atomic E-state index is 12.0. The number of halogens is 4. The summed E-state index contributed by atoms with van der Waals surface area (Å²) in [6.45, 7) is 0. The number of ether oxygens (including phenoxy) is 1. The van der Waals surface area contributed by atoms with Crippen LogP contribution in [0.3, 0.4) is 0 Å². The molecule has 0 atom stereocenters. The molecule has 0 heterocycles. The highest BCUT2D eigenvalue weighted by Gasteiger charge is 2.31. The average Bonchev–Trinajstić information content (AvgIpc) is 2.32. The molecule has 1 N–H and O–H groups in total. The molecule has 19 heavy (non-hydrogen) atoms. The van der Waals surface area contributed by atoms with E-state index < -0.39 is 12.1 Å². The van der Waals surface area contributed by atoms with E-state index in [9.17, 15) is 13.2 Å². The molecular formula is C11H5ClF3N3O. The summed E-state index contributed by atoms with van der Waals surface area (Å²) in [5, 5.41) is 19.2. The zero-order valence-electron chi connectivity index (χ0n) is 9.12. The van der Waals surface area contributed by atoms with Crippen LogP contribution in [0.25, 0.3) is 0 Å². The molecule has 0 saturated carbocycles. The molecule has 0 aliphatic rings. The van der Waals surface area contributed by atoms with E-state index in [0.29, 0.717) is 5.69 Å². The van der Waals surface area contributed by atoms with Gasteiger partial charge in [-0.05, 0) is 18.2 Å². The summed E-state index contributed by atoms with van der Waals surface area (Å²) < 4.78 is 39.6. The van der Waals surface area contributed by atoms with Gasteiger partial charge in [0, 0.05) is 11.9 Å². The lowest BCUT2D eigenvalue weighted by Gasteiger charge is -2.11. The first-order valence-corrected chi connectivity index (χ1v) is 5.05. The van der Waals surface area contributed by atoms with Crippen LogP contribution in [0.4, 0.5) is 18.9 Å². The highest BCUT2D eigenvalue weighted by molar-refractivity contribution is 6.32. The summed E-state index contributed by atoms with van der Waals surface area (Å²) in [5.74, 6) is -0.538. The van der Waals surface area contributed by atoms with Crippen LogP contribution in [0.15, 0.2) is 30.0 Å². The molecule has 0 aliphatic carbocycles.